The molecule has 0 saturated heterocycles. The second kappa shape index (κ2) is 5.05. The van der Waals surface area contributed by atoms with Crippen LogP contribution in [0.3, 0.4) is 0 Å². The van der Waals surface area contributed by atoms with Crippen molar-refractivity contribution in [2.75, 3.05) is 7.11 Å². The minimum absolute atomic E-state index is 0.371. The van der Waals surface area contributed by atoms with Crippen LogP contribution in [0.15, 0.2) is 28.8 Å². The van der Waals surface area contributed by atoms with Crippen molar-refractivity contribution in [1.82, 2.24) is 10.5 Å². The number of hydrogen-bond acceptors (Lipinski definition) is 4. The number of nitrogens with one attached hydrogen (secondary N) is 1. The lowest BCUT2D eigenvalue weighted by molar-refractivity contribution is 0.360. The van der Waals surface area contributed by atoms with Crippen LogP contribution in [0.25, 0.3) is 0 Å². The highest BCUT2D eigenvalue weighted by molar-refractivity contribution is 5.40. The largest absolute Gasteiger partial charge is 0.497 e. The fourth-order valence-electron chi connectivity index (χ4n) is 2.64. The molecular weight excluding hydrogens is 240 g/mol. The number of hydrogen-bond donors (Lipinski definition) is 1. The summed E-state index contributed by atoms with van der Waals surface area (Å²) in [5, 5.41) is 7.43. The summed E-state index contributed by atoms with van der Waals surface area (Å²) < 4.78 is 10.5. The third-order valence-corrected chi connectivity index (χ3v) is 3.63. The van der Waals surface area contributed by atoms with Gasteiger partial charge < -0.3 is 14.6 Å². The topological polar surface area (TPSA) is 47.3 Å². The monoisotopic (exact) mass is 258 g/mol. The summed E-state index contributed by atoms with van der Waals surface area (Å²) in [5.41, 5.74) is 3.67. The standard InChI is InChI=1S/C15H18N2O2/c1-10-7-13(19-17-10)9-16-15-6-4-11-3-5-12(18-2)8-14(11)15/h3,5,7-8,15-16H,4,6,9H2,1-2H3. The number of ether oxygens (including phenoxy) is 1. The predicted octanol–water partition coefficient (Wildman–Crippen LogP) is 2.77. The van der Waals surface area contributed by atoms with Crippen LogP contribution >= 0.6 is 0 Å². The van der Waals surface area contributed by atoms with Crippen molar-refractivity contribution in [2.24, 2.45) is 0 Å². The molecule has 19 heavy (non-hydrogen) atoms. The summed E-state index contributed by atoms with van der Waals surface area (Å²) in [6, 6.07) is 8.66. The first-order valence-corrected chi connectivity index (χ1v) is 6.58. The molecule has 1 heterocycles. The summed E-state index contributed by atoms with van der Waals surface area (Å²) >= 11 is 0. The zero-order valence-corrected chi connectivity index (χ0v) is 11.3. The Morgan fingerprint density at radius 1 is 1.42 bits per heavy atom. The molecular formula is C15H18N2O2. The van der Waals surface area contributed by atoms with E-state index >= 15 is 0 Å². The van der Waals surface area contributed by atoms with Crippen LogP contribution in [0, 0.1) is 6.92 Å². The molecule has 1 aliphatic rings. The van der Waals surface area contributed by atoms with E-state index < -0.39 is 0 Å². The molecule has 1 aromatic heterocycles. The van der Waals surface area contributed by atoms with Crippen molar-refractivity contribution < 1.29 is 9.26 Å². The molecule has 4 nitrogen and oxygen atoms in total. The van der Waals surface area contributed by atoms with E-state index in [1.807, 2.05) is 19.1 Å². The second-order valence-electron chi connectivity index (χ2n) is 4.97. The van der Waals surface area contributed by atoms with Crippen molar-refractivity contribution in [3.8, 4) is 5.75 Å². The van der Waals surface area contributed by atoms with Gasteiger partial charge in [-0.15, -0.1) is 0 Å². The zero-order valence-electron chi connectivity index (χ0n) is 11.3. The lowest BCUT2D eigenvalue weighted by Crippen LogP contribution is -2.18. The van der Waals surface area contributed by atoms with Crippen molar-refractivity contribution in [3.63, 3.8) is 0 Å². The smallest absolute Gasteiger partial charge is 0.150 e. The van der Waals surface area contributed by atoms with Gasteiger partial charge in [0.2, 0.25) is 0 Å². The molecule has 1 atom stereocenters. The van der Waals surface area contributed by atoms with Gasteiger partial charge in [0.1, 0.15) is 5.75 Å². The number of rotatable bonds is 4. The van der Waals surface area contributed by atoms with Gasteiger partial charge in [-0.05, 0) is 43.0 Å². The van der Waals surface area contributed by atoms with E-state index in [1.54, 1.807) is 7.11 Å². The molecule has 3 rings (SSSR count). The number of aromatic nitrogens is 1. The van der Waals surface area contributed by atoms with Gasteiger partial charge in [-0.1, -0.05) is 11.2 Å². The van der Waals surface area contributed by atoms with Crippen molar-refractivity contribution in [1.29, 1.82) is 0 Å². The molecule has 0 fully saturated rings. The first kappa shape index (κ1) is 12.2. The van der Waals surface area contributed by atoms with Gasteiger partial charge in [-0.3, -0.25) is 0 Å². The Hall–Kier alpha value is -1.81. The van der Waals surface area contributed by atoms with E-state index in [1.165, 1.54) is 11.1 Å². The summed E-state index contributed by atoms with van der Waals surface area (Å²) in [5.74, 6) is 1.80. The average Bonchev–Trinajstić information content (AvgIpc) is 3.02. The van der Waals surface area contributed by atoms with Gasteiger partial charge in [-0.25, -0.2) is 0 Å². The van der Waals surface area contributed by atoms with E-state index in [-0.39, 0.29) is 0 Å². The van der Waals surface area contributed by atoms with E-state index in [4.69, 9.17) is 9.26 Å². The maximum atomic E-state index is 5.30. The van der Waals surface area contributed by atoms with Gasteiger partial charge in [0.25, 0.3) is 0 Å². The van der Waals surface area contributed by atoms with Crippen molar-refractivity contribution in [3.05, 3.63) is 46.8 Å². The zero-order chi connectivity index (χ0) is 13.2. The summed E-state index contributed by atoms with van der Waals surface area (Å²) in [7, 11) is 1.70. The molecule has 2 aromatic rings. The predicted molar refractivity (Wildman–Crippen MR) is 72.1 cm³/mol. The van der Waals surface area contributed by atoms with Crippen LogP contribution in [0.4, 0.5) is 0 Å². The van der Waals surface area contributed by atoms with Gasteiger partial charge in [0.15, 0.2) is 5.76 Å². The van der Waals surface area contributed by atoms with E-state index in [9.17, 15) is 0 Å². The third-order valence-electron chi connectivity index (χ3n) is 3.63. The molecule has 1 unspecified atom stereocenters. The Morgan fingerprint density at radius 3 is 3.05 bits per heavy atom. The van der Waals surface area contributed by atoms with E-state index in [0.29, 0.717) is 12.6 Å². The van der Waals surface area contributed by atoms with Crippen LogP contribution < -0.4 is 10.1 Å². The molecule has 1 aliphatic carbocycles. The van der Waals surface area contributed by atoms with E-state index in [2.05, 4.69) is 22.6 Å². The molecule has 0 saturated carbocycles. The highest BCUT2D eigenvalue weighted by atomic mass is 16.5. The fourth-order valence-corrected chi connectivity index (χ4v) is 2.64. The number of nitrogens with zero attached hydrogens (tertiary/aromatic N) is 1. The normalized spacial score (nSPS) is 17.5. The van der Waals surface area contributed by atoms with Crippen LogP contribution in [0.1, 0.15) is 35.0 Å². The number of benzene rings is 1. The van der Waals surface area contributed by atoms with Crippen molar-refractivity contribution >= 4 is 0 Å². The van der Waals surface area contributed by atoms with Gasteiger partial charge in [0.05, 0.1) is 19.3 Å². The molecule has 4 heteroatoms. The molecule has 1 N–H and O–H groups in total. The number of aryl methyl sites for hydroxylation is 2. The average molecular weight is 258 g/mol. The Balaban J connectivity index is 1.71. The Morgan fingerprint density at radius 2 is 2.32 bits per heavy atom. The molecule has 0 bridgehead atoms. The van der Waals surface area contributed by atoms with E-state index in [0.717, 1.165) is 30.0 Å². The Labute approximate surface area is 112 Å². The van der Waals surface area contributed by atoms with Crippen LogP contribution in [0.2, 0.25) is 0 Å². The lowest BCUT2D eigenvalue weighted by atomic mass is 10.1. The van der Waals surface area contributed by atoms with Crippen molar-refractivity contribution in [2.45, 2.75) is 32.4 Å². The molecule has 0 radical (unpaired) electrons. The molecule has 0 spiro atoms. The number of fused-ring (bicyclic) bond motifs is 1. The number of methoxy groups -OCH3 is 1. The van der Waals surface area contributed by atoms with Gasteiger partial charge in [0, 0.05) is 12.1 Å². The Bertz CT molecular complexity index is 577. The lowest BCUT2D eigenvalue weighted by Gasteiger charge is -2.13. The highest BCUT2D eigenvalue weighted by Crippen LogP contribution is 2.33. The maximum absolute atomic E-state index is 5.30. The summed E-state index contributed by atoms with van der Waals surface area (Å²) in [4.78, 5) is 0. The third kappa shape index (κ3) is 2.49. The minimum atomic E-state index is 0.371. The summed E-state index contributed by atoms with van der Waals surface area (Å²) in [6.45, 7) is 2.64. The fraction of sp³-hybridized carbons (Fsp3) is 0.400. The highest BCUT2D eigenvalue weighted by Gasteiger charge is 2.22. The van der Waals surface area contributed by atoms with Gasteiger partial charge in [-0.2, -0.15) is 0 Å². The molecule has 0 amide bonds. The SMILES string of the molecule is COc1ccc2c(c1)C(NCc1cc(C)no1)CC2. The van der Waals surface area contributed by atoms with Crippen LogP contribution in [-0.2, 0) is 13.0 Å². The molecule has 1 aromatic carbocycles. The summed E-state index contributed by atoms with van der Waals surface area (Å²) in [6.07, 6.45) is 2.24. The quantitative estimate of drug-likeness (QED) is 0.916. The second-order valence-corrected chi connectivity index (χ2v) is 4.97. The minimum Gasteiger partial charge on any atom is -0.497 e. The first-order chi connectivity index (χ1) is 9.26. The van der Waals surface area contributed by atoms with Crippen LogP contribution in [0.5, 0.6) is 5.75 Å². The van der Waals surface area contributed by atoms with Crippen LogP contribution in [-0.4, -0.2) is 12.3 Å². The maximum Gasteiger partial charge on any atom is 0.150 e. The molecule has 100 valence electrons. The first-order valence-electron chi connectivity index (χ1n) is 6.58. The Kier molecular flexibility index (Phi) is 3.25. The molecule has 0 aliphatic heterocycles. The van der Waals surface area contributed by atoms with Gasteiger partial charge >= 0.3 is 0 Å².